The zero-order chi connectivity index (χ0) is 19.2. The molecule has 0 aliphatic carbocycles. The molecule has 2 aromatic carbocycles. The van der Waals surface area contributed by atoms with E-state index in [0.717, 1.165) is 6.42 Å². The second-order valence-corrected chi connectivity index (χ2v) is 7.83. The second-order valence-electron chi connectivity index (χ2n) is 5.33. The first-order valence-electron chi connectivity index (χ1n) is 7.87. The maximum absolute atomic E-state index is 12.7. The van der Waals surface area contributed by atoms with E-state index in [-0.39, 0.29) is 4.90 Å². The maximum atomic E-state index is 12.7. The van der Waals surface area contributed by atoms with Crippen molar-refractivity contribution in [3.8, 4) is 5.75 Å². The quantitative estimate of drug-likeness (QED) is 0.598. The minimum atomic E-state index is -3.83. The van der Waals surface area contributed by atoms with Gasteiger partial charge in [0.2, 0.25) is 0 Å². The number of hydrogen-bond donors (Lipinski definition) is 3. The van der Waals surface area contributed by atoms with Crippen molar-refractivity contribution in [3.05, 3.63) is 47.5 Å². The molecule has 0 aromatic heterocycles. The van der Waals surface area contributed by atoms with Gasteiger partial charge in [-0.3, -0.25) is 4.72 Å². The average molecular weight is 414 g/mol. The Kier molecular flexibility index (Phi) is 7.07. The SMILES string of the molecule is CCCNC(=S)Nc1cc(S(=O)(=O)Nc2ccccc2Cl)ccc1OC. The van der Waals surface area contributed by atoms with Crippen molar-refractivity contribution >= 4 is 50.3 Å². The van der Waals surface area contributed by atoms with E-state index in [9.17, 15) is 8.42 Å². The normalized spacial score (nSPS) is 10.9. The van der Waals surface area contributed by atoms with E-state index in [1.54, 1.807) is 30.3 Å². The fourth-order valence-electron chi connectivity index (χ4n) is 2.10. The van der Waals surface area contributed by atoms with Crippen LogP contribution in [0.25, 0.3) is 0 Å². The topological polar surface area (TPSA) is 79.5 Å². The molecule has 6 nitrogen and oxygen atoms in total. The van der Waals surface area contributed by atoms with Crippen LogP contribution in [0.4, 0.5) is 11.4 Å². The molecule has 0 fully saturated rings. The highest BCUT2D eigenvalue weighted by Crippen LogP contribution is 2.29. The summed E-state index contributed by atoms with van der Waals surface area (Å²) in [5.74, 6) is 0.474. The molecular formula is C17H20ClN3O3S2. The predicted molar refractivity (Wildman–Crippen MR) is 110 cm³/mol. The maximum Gasteiger partial charge on any atom is 0.262 e. The smallest absolute Gasteiger partial charge is 0.262 e. The molecule has 26 heavy (non-hydrogen) atoms. The van der Waals surface area contributed by atoms with Crippen LogP contribution in [0.5, 0.6) is 5.75 Å². The minimum Gasteiger partial charge on any atom is -0.495 e. The summed E-state index contributed by atoms with van der Waals surface area (Å²) in [5, 5.41) is 6.68. The Hall–Kier alpha value is -2.03. The summed E-state index contributed by atoms with van der Waals surface area (Å²) in [7, 11) is -2.33. The molecule has 0 atom stereocenters. The van der Waals surface area contributed by atoms with Gasteiger partial charge in [-0.05, 0) is 49.0 Å². The zero-order valence-corrected chi connectivity index (χ0v) is 16.8. The fourth-order valence-corrected chi connectivity index (χ4v) is 3.66. The summed E-state index contributed by atoms with van der Waals surface area (Å²) in [5.41, 5.74) is 0.753. The Balaban J connectivity index is 2.30. The largest absolute Gasteiger partial charge is 0.495 e. The second kappa shape index (κ2) is 9.07. The molecule has 0 saturated heterocycles. The van der Waals surface area contributed by atoms with Gasteiger partial charge in [0.25, 0.3) is 10.0 Å². The van der Waals surface area contributed by atoms with E-state index < -0.39 is 10.0 Å². The molecule has 0 aliphatic rings. The predicted octanol–water partition coefficient (Wildman–Crippen LogP) is 3.85. The Bertz CT molecular complexity index is 889. The lowest BCUT2D eigenvalue weighted by Gasteiger charge is -2.15. The first-order valence-corrected chi connectivity index (χ1v) is 10.1. The number of sulfonamides is 1. The van der Waals surface area contributed by atoms with Crippen LogP contribution in [-0.4, -0.2) is 27.2 Å². The van der Waals surface area contributed by atoms with Crippen molar-refractivity contribution in [2.24, 2.45) is 0 Å². The Labute approximate surface area is 163 Å². The van der Waals surface area contributed by atoms with Crippen molar-refractivity contribution in [1.29, 1.82) is 0 Å². The number of benzene rings is 2. The van der Waals surface area contributed by atoms with Crippen LogP contribution < -0.4 is 20.1 Å². The zero-order valence-electron chi connectivity index (χ0n) is 14.4. The highest BCUT2D eigenvalue weighted by Gasteiger charge is 2.18. The van der Waals surface area contributed by atoms with Crippen molar-refractivity contribution in [1.82, 2.24) is 5.32 Å². The molecule has 0 saturated carbocycles. The lowest BCUT2D eigenvalue weighted by molar-refractivity contribution is 0.416. The third-order valence-corrected chi connectivity index (χ3v) is 5.32. The molecule has 0 unspecified atom stereocenters. The van der Waals surface area contributed by atoms with E-state index >= 15 is 0 Å². The van der Waals surface area contributed by atoms with Gasteiger partial charge < -0.3 is 15.4 Å². The molecule has 3 N–H and O–H groups in total. The third kappa shape index (κ3) is 5.23. The summed E-state index contributed by atoms with van der Waals surface area (Å²) in [6.07, 6.45) is 0.912. The number of thiocarbonyl (C=S) groups is 1. The summed E-state index contributed by atoms with van der Waals surface area (Å²) >= 11 is 11.2. The Morgan fingerprint density at radius 3 is 2.58 bits per heavy atom. The lowest BCUT2D eigenvalue weighted by atomic mass is 10.3. The molecule has 0 radical (unpaired) electrons. The summed E-state index contributed by atoms with van der Waals surface area (Å²) in [4.78, 5) is 0.0546. The highest BCUT2D eigenvalue weighted by molar-refractivity contribution is 7.92. The number of nitrogens with one attached hydrogen (secondary N) is 3. The van der Waals surface area contributed by atoms with Crippen LogP contribution in [0.2, 0.25) is 5.02 Å². The van der Waals surface area contributed by atoms with Crippen molar-refractivity contribution in [2.75, 3.05) is 23.7 Å². The van der Waals surface area contributed by atoms with Gasteiger partial charge >= 0.3 is 0 Å². The van der Waals surface area contributed by atoms with Gasteiger partial charge in [0.05, 0.1) is 28.4 Å². The fraction of sp³-hybridized carbons (Fsp3) is 0.235. The molecule has 0 amide bonds. The van der Waals surface area contributed by atoms with Gasteiger partial charge in [-0.2, -0.15) is 0 Å². The van der Waals surface area contributed by atoms with Crippen LogP contribution in [-0.2, 0) is 10.0 Å². The summed E-state index contributed by atoms with van der Waals surface area (Å²) in [6.45, 7) is 2.73. The molecule has 9 heteroatoms. The standard InChI is InChI=1S/C17H20ClN3O3S2/c1-3-10-19-17(25)20-15-11-12(8-9-16(15)24-2)26(22,23)21-14-7-5-4-6-13(14)18/h4-9,11,21H,3,10H2,1-2H3,(H2,19,20,25). The first-order chi connectivity index (χ1) is 12.4. The molecule has 140 valence electrons. The van der Waals surface area contributed by atoms with Crippen LogP contribution in [0, 0.1) is 0 Å². The van der Waals surface area contributed by atoms with E-state index in [2.05, 4.69) is 15.4 Å². The summed E-state index contributed by atoms with van der Waals surface area (Å²) < 4.78 is 33.1. The minimum absolute atomic E-state index is 0.0546. The van der Waals surface area contributed by atoms with E-state index in [4.69, 9.17) is 28.6 Å². The van der Waals surface area contributed by atoms with E-state index in [0.29, 0.717) is 33.8 Å². The van der Waals surface area contributed by atoms with E-state index in [1.165, 1.54) is 19.2 Å². The van der Waals surface area contributed by atoms with Crippen LogP contribution in [0.15, 0.2) is 47.4 Å². The monoisotopic (exact) mass is 413 g/mol. The first kappa shape index (κ1) is 20.3. The third-order valence-electron chi connectivity index (χ3n) is 3.38. The van der Waals surface area contributed by atoms with Crippen LogP contribution in [0.3, 0.4) is 0 Å². The number of methoxy groups -OCH3 is 1. The Morgan fingerprint density at radius 1 is 1.19 bits per heavy atom. The van der Waals surface area contributed by atoms with Crippen molar-refractivity contribution < 1.29 is 13.2 Å². The van der Waals surface area contributed by atoms with Crippen LogP contribution in [0.1, 0.15) is 13.3 Å². The number of anilines is 2. The molecule has 2 aromatic rings. The molecule has 0 spiro atoms. The van der Waals surface area contributed by atoms with Gasteiger partial charge in [-0.25, -0.2) is 8.42 Å². The molecule has 0 aliphatic heterocycles. The van der Waals surface area contributed by atoms with Crippen LogP contribution >= 0.6 is 23.8 Å². The Morgan fingerprint density at radius 2 is 1.92 bits per heavy atom. The number of rotatable bonds is 7. The molecule has 0 bridgehead atoms. The van der Waals surface area contributed by atoms with Gasteiger partial charge in [0.1, 0.15) is 5.75 Å². The van der Waals surface area contributed by atoms with Crippen molar-refractivity contribution in [3.63, 3.8) is 0 Å². The molecular weight excluding hydrogens is 394 g/mol. The molecule has 2 rings (SSSR count). The van der Waals surface area contributed by atoms with Gasteiger partial charge in [0.15, 0.2) is 5.11 Å². The van der Waals surface area contributed by atoms with Gasteiger partial charge in [0, 0.05) is 6.54 Å². The number of ether oxygens (including phenoxy) is 1. The number of para-hydroxylation sites is 1. The highest BCUT2D eigenvalue weighted by atomic mass is 35.5. The average Bonchev–Trinajstić information content (AvgIpc) is 2.61. The number of halogens is 1. The van der Waals surface area contributed by atoms with Crippen molar-refractivity contribution in [2.45, 2.75) is 18.2 Å². The van der Waals surface area contributed by atoms with E-state index in [1.807, 2.05) is 6.92 Å². The lowest BCUT2D eigenvalue weighted by Crippen LogP contribution is -2.29. The number of hydrogen-bond acceptors (Lipinski definition) is 4. The van der Waals surface area contributed by atoms with Gasteiger partial charge in [-0.15, -0.1) is 0 Å². The summed E-state index contributed by atoms with van der Waals surface area (Å²) in [6, 6.07) is 11.1. The van der Waals surface area contributed by atoms with Gasteiger partial charge in [-0.1, -0.05) is 30.7 Å². The molecule has 0 heterocycles.